The number of carbonyl (C=O) groups is 1. The number of aromatic nitrogens is 2. The molecule has 0 unspecified atom stereocenters. The minimum atomic E-state index is -1.03. The van der Waals surface area contributed by atoms with Crippen LogP contribution >= 0.6 is 15.9 Å². The number of hydrogen-bond acceptors (Lipinski definition) is 5. The molecule has 0 aliphatic heterocycles. The number of rotatable bonds is 3. The molecule has 0 saturated heterocycles. The summed E-state index contributed by atoms with van der Waals surface area (Å²) in [6.45, 7) is 0. The van der Waals surface area contributed by atoms with E-state index in [0.29, 0.717) is 10.2 Å². The Morgan fingerprint density at radius 3 is 2.84 bits per heavy atom. The van der Waals surface area contributed by atoms with Crippen LogP contribution in [0.1, 0.15) is 10.4 Å². The number of nitrogens with two attached hydrogens (primary N) is 1. The van der Waals surface area contributed by atoms with Gasteiger partial charge in [-0.1, -0.05) is 0 Å². The molecule has 0 radical (unpaired) electrons. The van der Waals surface area contributed by atoms with Gasteiger partial charge in [0.15, 0.2) is 5.82 Å². The van der Waals surface area contributed by atoms with Crippen LogP contribution in [0.3, 0.4) is 0 Å². The van der Waals surface area contributed by atoms with Gasteiger partial charge in [-0.15, -0.1) is 0 Å². The highest BCUT2D eigenvalue weighted by atomic mass is 79.9. The van der Waals surface area contributed by atoms with Gasteiger partial charge in [0, 0.05) is 4.47 Å². The van der Waals surface area contributed by atoms with Crippen molar-refractivity contribution >= 4 is 39.1 Å². The number of nitrogens with zero attached hydrogens (tertiary/aromatic N) is 1. The Balaban J connectivity index is 2.36. The van der Waals surface area contributed by atoms with E-state index in [-0.39, 0.29) is 17.1 Å². The van der Waals surface area contributed by atoms with Gasteiger partial charge in [0.2, 0.25) is 0 Å². The Hall–Kier alpha value is -2.35. The second-order valence-corrected chi connectivity index (χ2v) is 4.47. The molecule has 0 bridgehead atoms. The van der Waals surface area contributed by atoms with Crippen LogP contribution in [0, 0.1) is 0 Å². The molecule has 0 fully saturated rings. The van der Waals surface area contributed by atoms with E-state index in [1.54, 1.807) is 6.07 Å². The maximum Gasteiger partial charge on any atom is 0.335 e. The number of hydrogen-bond donors (Lipinski definition) is 4. The maximum absolute atomic E-state index is 11.3. The third kappa shape index (κ3) is 2.74. The van der Waals surface area contributed by atoms with Crippen LogP contribution in [0.5, 0.6) is 0 Å². The summed E-state index contributed by atoms with van der Waals surface area (Å²) in [5, 5.41) is 11.7. The molecule has 0 aliphatic carbocycles. The van der Waals surface area contributed by atoms with Crippen LogP contribution in [-0.4, -0.2) is 21.0 Å². The first-order valence-electron chi connectivity index (χ1n) is 5.12. The molecule has 1 heterocycles. The minimum absolute atomic E-state index is 0.0447. The molecule has 2 aromatic rings. The normalized spacial score (nSPS) is 10.2. The third-order valence-corrected chi connectivity index (χ3v) is 3.01. The van der Waals surface area contributed by atoms with E-state index in [0.717, 1.165) is 0 Å². The lowest BCUT2D eigenvalue weighted by molar-refractivity contribution is 0.0697. The number of nitrogen functional groups attached to an aromatic ring is 1. The first-order valence-corrected chi connectivity index (χ1v) is 5.91. The van der Waals surface area contributed by atoms with Crippen molar-refractivity contribution < 1.29 is 9.90 Å². The van der Waals surface area contributed by atoms with Gasteiger partial charge >= 0.3 is 5.97 Å². The minimum Gasteiger partial charge on any atom is -0.478 e. The van der Waals surface area contributed by atoms with Crippen molar-refractivity contribution in [1.82, 2.24) is 9.97 Å². The Bertz CT molecular complexity index is 699. The van der Waals surface area contributed by atoms with E-state index < -0.39 is 11.5 Å². The molecule has 0 saturated carbocycles. The van der Waals surface area contributed by atoms with Gasteiger partial charge in [-0.05, 0) is 34.1 Å². The Morgan fingerprint density at radius 2 is 2.21 bits per heavy atom. The van der Waals surface area contributed by atoms with Crippen molar-refractivity contribution in [2.75, 3.05) is 11.1 Å². The van der Waals surface area contributed by atoms with Gasteiger partial charge < -0.3 is 21.1 Å². The maximum atomic E-state index is 11.3. The van der Waals surface area contributed by atoms with Gasteiger partial charge in [0.25, 0.3) is 5.56 Å². The highest BCUT2D eigenvalue weighted by Gasteiger charge is 2.09. The van der Waals surface area contributed by atoms with Gasteiger partial charge in [0.05, 0.1) is 17.6 Å². The van der Waals surface area contributed by atoms with E-state index in [2.05, 4.69) is 31.2 Å². The van der Waals surface area contributed by atoms with Crippen molar-refractivity contribution in [3.8, 4) is 0 Å². The predicted molar refractivity (Wildman–Crippen MR) is 73.7 cm³/mol. The van der Waals surface area contributed by atoms with Gasteiger partial charge in [-0.25, -0.2) is 9.78 Å². The van der Waals surface area contributed by atoms with Crippen LogP contribution in [-0.2, 0) is 0 Å². The summed E-state index contributed by atoms with van der Waals surface area (Å²) in [5.41, 5.74) is 5.78. The molecule has 0 spiro atoms. The third-order valence-electron chi connectivity index (χ3n) is 2.36. The SMILES string of the molecule is Nc1c(Nc2ccc(C(=O)O)cc2Br)nc[nH]c1=O. The van der Waals surface area contributed by atoms with E-state index in [9.17, 15) is 9.59 Å². The summed E-state index contributed by atoms with van der Waals surface area (Å²) >= 11 is 3.24. The number of anilines is 3. The zero-order chi connectivity index (χ0) is 14.0. The second kappa shape index (κ2) is 5.11. The number of H-pyrrole nitrogens is 1. The van der Waals surface area contributed by atoms with E-state index in [1.165, 1.54) is 18.5 Å². The number of benzene rings is 1. The van der Waals surface area contributed by atoms with Crippen LogP contribution in [0.15, 0.2) is 33.8 Å². The van der Waals surface area contributed by atoms with E-state index >= 15 is 0 Å². The van der Waals surface area contributed by atoms with Gasteiger partial charge in [0.1, 0.15) is 5.69 Å². The molecule has 0 atom stereocenters. The van der Waals surface area contributed by atoms with Crippen molar-refractivity contribution in [3.05, 3.63) is 44.9 Å². The lowest BCUT2D eigenvalue weighted by Gasteiger charge is -2.09. The number of nitrogens with one attached hydrogen (secondary N) is 2. The van der Waals surface area contributed by atoms with Crippen LogP contribution in [0.25, 0.3) is 0 Å². The number of aromatic carboxylic acids is 1. The van der Waals surface area contributed by atoms with Crippen molar-refractivity contribution in [1.29, 1.82) is 0 Å². The van der Waals surface area contributed by atoms with Gasteiger partial charge in [-0.2, -0.15) is 0 Å². The Morgan fingerprint density at radius 1 is 1.47 bits per heavy atom. The van der Waals surface area contributed by atoms with Crippen LogP contribution in [0.2, 0.25) is 0 Å². The lowest BCUT2D eigenvalue weighted by atomic mass is 10.2. The Kier molecular flexibility index (Phi) is 3.52. The number of carboxylic acid groups (broad SMARTS) is 1. The number of halogens is 1. The highest BCUT2D eigenvalue weighted by molar-refractivity contribution is 9.10. The summed E-state index contributed by atoms with van der Waals surface area (Å²) < 4.78 is 0.522. The fourth-order valence-electron chi connectivity index (χ4n) is 1.39. The zero-order valence-corrected chi connectivity index (χ0v) is 11.1. The highest BCUT2D eigenvalue weighted by Crippen LogP contribution is 2.27. The quantitative estimate of drug-likeness (QED) is 0.679. The summed E-state index contributed by atoms with van der Waals surface area (Å²) in [5.74, 6) is -0.825. The molecule has 1 aromatic heterocycles. The van der Waals surface area contributed by atoms with Crippen molar-refractivity contribution in [3.63, 3.8) is 0 Å². The standard InChI is InChI=1S/C11H9BrN4O3/c12-6-3-5(11(18)19)1-2-7(6)16-9-8(13)10(17)15-4-14-9/h1-4H,13H2,(H,18,19)(H2,14,15,16,17). The summed E-state index contributed by atoms with van der Waals surface area (Å²) in [4.78, 5) is 28.4. The molecule has 0 amide bonds. The molecule has 5 N–H and O–H groups in total. The summed E-state index contributed by atoms with van der Waals surface area (Å²) in [7, 11) is 0. The molecule has 98 valence electrons. The van der Waals surface area contributed by atoms with Crippen molar-refractivity contribution in [2.24, 2.45) is 0 Å². The topological polar surface area (TPSA) is 121 Å². The average molecular weight is 325 g/mol. The molecule has 1 aromatic carbocycles. The number of aromatic amines is 1. The van der Waals surface area contributed by atoms with Crippen molar-refractivity contribution in [2.45, 2.75) is 0 Å². The molecule has 7 nitrogen and oxygen atoms in total. The molecular weight excluding hydrogens is 316 g/mol. The van der Waals surface area contributed by atoms with E-state index in [4.69, 9.17) is 10.8 Å². The number of carboxylic acids is 1. The lowest BCUT2D eigenvalue weighted by Crippen LogP contribution is -2.14. The van der Waals surface area contributed by atoms with E-state index in [1.807, 2.05) is 0 Å². The summed E-state index contributed by atoms with van der Waals surface area (Å²) in [6.07, 6.45) is 1.22. The second-order valence-electron chi connectivity index (χ2n) is 3.62. The fraction of sp³-hybridized carbons (Fsp3) is 0. The van der Waals surface area contributed by atoms with Gasteiger partial charge in [-0.3, -0.25) is 4.79 Å². The largest absolute Gasteiger partial charge is 0.478 e. The average Bonchev–Trinajstić information content (AvgIpc) is 2.37. The molecule has 19 heavy (non-hydrogen) atoms. The molecule has 2 rings (SSSR count). The molecule has 8 heteroatoms. The monoisotopic (exact) mass is 324 g/mol. The fourth-order valence-corrected chi connectivity index (χ4v) is 1.86. The van der Waals surface area contributed by atoms with Crippen LogP contribution < -0.4 is 16.6 Å². The molecular formula is C11H9BrN4O3. The first-order chi connectivity index (χ1) is 8.99. The zero-order valence-electron chi connectivity index (χ0n) is 9.48. The first kappa shape index (κ1) is 13.1. The smallest absolute Gasteiger partial charge is 0.335 e. The predicted octanol–water partition coefficient (Wildman–Crippen LogP) is 1.56. The van der Waals surface area contributed by atoms with Crippen LogP contribution in [0.4, 0.5) is 17.2 Å². The molecule has 0 aliphatic rings. The Labute approximate surface area is 115 Å². The summed E-state index contributed by atoms with van der Waals surface area (Å²) in [6, 6.07) is 4.42.